The molecule has 1 N–H and O–H groups in total. The summed E-state index contributed by atoms with van der Waals surface area (Å²) >= 11 is 0. The molecule has 0 aromatic rings. The normalized spacial score (nSPS) is 23.0. The van der Waals surface area contributed by atoms with Gasteiger partial charge in [-0.1, -0.05) is 0 Å². The van der Waals surface area contributed by atoms with Crippen LogP contribution in [0.3, 0.4) is 0 Å². The van der Waals surface area contributed by atoms with Gasteiger partial charge in [-0.05, 0) is 26.2 Å². The molecular weight excluding hydrogens is 256 g/mol. The van der Waals surface area contributed by atoms with Crippen molar-refractivity contribution in [3.05, 3.63) is 0 Å². The Morgan fingerprint density at radius 3 is 2.81 bits per heavy atom. The van der Waals surface area contributed by atoms with Crippen molar-refractivity contribution in [3.8, 4) is 0 Å². The number of carbonyl (C=O) groups excluding carboxylic acids is 1. The lowest BCUT2D eigenvalue weighted by Crippen LogP contribution is -2.53. The maximum Gasteiger partial charge on any atom is 0.324 e. The fraction of sp³-hybridized carbons (Fsp3) is 0.875. The van der Waals surface area contributed by atoms with E-state index in [1.807, 2.05) is 0 Å². The fourth-order valence-corrected chi connectivity index (χ4v) is 2.43. The van der Waals surface area contributed by atoms with E-state index >= 15 is 0 Å². The lowest BCUT2D eigenvalue weighted by molar-refractivity contribution is -0.151. The van der Waals surface area contributed by atoms with Gasteiger partial charge in [-0.25, -0.2) is 5.01 Å². The molecule has 0 radical (unpaired) electrons. The van der Waals surface area contributed by atoms with E-state index in [0.717, 1.165) is 12.8 Å². The first kappa shape index (κ1) is 13.7. The molecule has 0 saturated carbocycles. The summed E-state index contributed by atoms with van der Waals surface area (Å²) in [6, 6.07) is -0.581. The highest BCUT2D eigenvalue weighted by Gasteiger charge is 2.31. The number of hydrogen-bond acceptors (Lipinski definition) is 5. The van der Waals surface area contributed by atoms with Crippen LogP contribution in [0.25, 0.3) is 0 Å². The van der Waals surface area contributed by atoms with E-state index in [2.05, 4.69) is 4.83 Å². The smallest absolute Gasteiger partial charge is 0.324 e. The van der Waals surface area contributed by atoms with Crippen molar-refractivity contribution in [2.24, 2.45) is 0 Å². The molecule has 6 nitrogen and oxygen atoms in total. The molecule has 0 bridgehead atoms. The molecular formula is C8H15ClN2O4S. The summed E-state index contributed by atoms with van der Waals surface area (Å²) in [7, 11) is 1.22. The first-order valence-electron chi connectivity index (χ1n) is 5.09. The molecule has 1 aliphatic rings. The molecule has 0 aliphatic carbocycles. The van der Waals surface area contributed by atoms with E-state index in [0.29, 0.717) is 13.0 Å². The lowest BCUT2D eigenvalue weighted by atomic mass is 10.0. The summed E-state index contributed by atoms with van der Waals surface area (Å²) in [4.78, 5) is 13.7. The summed E-state index contributed by atoms with van der Waals surface area (Å²) in [6.07, 6.45) is 2.25. The molecule has 1 aliphatic heterocycles. The minimum Gasteiger partial charge on any atom is -0.465 e. The van der Waals surface area contributed by atoms with Crippen LogP contribution in [-0.2, 0) is 18.8 Å². The van der Waals surface area contributed by atoms with Crippen molar-refractivity contribution >= 4 is 25.9 Å². The largest absolute Gasteiger partial charge is 0.465 e. The van der Waals surface area contributed by atoms with Crippen molar-refractivity contribution in [2.75, 3.05) is 13.2 Å². The maximum atomic E-state index is 11.6. The first-order valence-corrected chi connectivity index (χ1v) is 7.40. The van der Waals surface area contributed by atoms with Gasteiger partial charge in [-0.3, -0.25) is 4.79 Å². The maximum absolute atomic E-state index is 11.6. The summed E-state index contributed by atoms with van der Waals surface area (Å²) < 4.78 is 26.6. The minimum absolute atomic E-state index is 0.275. The summed E-state index contributed by atoms with van der Waals surface area (Å²) in [5, 5.41) is 1.32. The molecule has 0 spiro atoms. The zero-order chi connectivity index (χ0) is 12.2. The van der Waals surface area contributed by atoms with Gasteiger partial charge in [-0.2, -0.15) is 8.42 Å². The Hall–Kier alpha value is -0.370. The number of nitrogens with one attached hydrogen (secondary N) is 1. The monoisotopic (exact) mass is 270 g/mol. The molecule has 0 aromatic carbocycles. The number of esters is 1. The van der Waals surface area contributed by atoms with Crippen molar-refractivity contribution in [2.45, 2.75) is 32.2 Å². The second kappa shape index (κ2) is 5.81. The third-order valence-electron chi connectivity index (χ3n) is 2.29. The molecule has 1 heterocycles. The first-order chi connectivity index (χ1) is 7.44. The van der Waals surface area contributed by atoms with E-state index in [9.17, 15) is 13.2 Å². The Bertz CT molecular complexity index is 346. The van der Waals surface area contributed by atoms with Crippen molar-refractivity contribution in [3.63, 3.8) is 0 Å². The standard InChI is InChI=1S/C8H15ClN2O4S/c1-2-15-8(12)7-5-3-4-6-11(7)10-16(9,13)14/h7,10H,2-6H2,1H3. The fourth-order valence-electron chi connectivity index (χ4n) is 1.66. The van der Waals surface area contributed by atoms with E-state index in [-0.39, 0.29) is 6.61 Å². The number of hydrogen-bond donors (Lipinski definition) is 1. The zero-order valence-electron chi connectivity index (χ0n) is 8.98. The van der Waals surface area contributed by atoms with Crippen LogP contribution in [0.4, 0.5) is 0 Å². The van der Waals surface area contributed by atoms with Gasteiger partial charge < -0.3 is 4.74 Å². The number of hydrazine groups is 1. The Kier molecular flexibility index (Phi) is 4.97. The summed E-state index contributed by atoms with van der Waals surface area (Å²) in [5.41, 5.74) is 0. The minimum atomic E-state index is -3.86. The molecule has 0 aromatic heterocycles. The van der Waals surface area contributed by atoms with Crippen LogP contribution in [0.5, 0.6) is 0 Å². The van der Waals surface area contributed by atoms with Crippen LogP contribution < -0.4 is 4.83 Å². The van der Waals surface area contributed by atoms with Gasteiger partial charge in [0.15, 0.2) is 0 Å². The Morgan fingerprint density at radius 1 is 1.56 bits per heavy atom. The van der Waals surface area contributed by atoms with Gasteiger partial charge in [-0.15, -0.1) is 4.83 Å². The second-order valence-electron chi connectivity index (χ2n) is 3.49. The number of carbonyl (C=O) groups is 1. The molecule has 1 atom stereocenters. The Balaban J connectivity index is 2.67. The number of piperidine rings is 1. The highest BCUT2D eigenvalue weighted by Crippen LogP contribution is 2.17. The molecule has 94 valence electrons. The van der Waals surface area contributed by atoms with Crippen LogP contribution >= 0.6 is 10.7 Å². The lowest BCUT2D eigenvalue weighted by Gasteiger charge is -2.32. The van der Waals surface area contributed by atoms with Crippen LogP contribution in [0.2, 0.25) is 0 Å². The van der Waals surface area contributed by atoms with Crippen LogP contribution in [0.15, 0.2) is 0 Å². The van der Waals surface area contributed by atoms with Crippen LogP contribution in [0.1, 0.15) is 26.2 Å². The highest BCUT2D eigenvalue weighted by atomic mass is 35.7. The number of ether oxygens (including phenoxy) is 1. The van der Waals surface area contributed by atoms with Crippen LogP contribution in [0, 0.1) is 0 Å². The van der Waals surface area contributed by atoms with E-state index in [4.69, 9.17) is 15.4 Å². The van der Waals surface area contributed by atoms with Crippen molar-refractivity contribution < 1.29 is 17.9 Å². The molecule has 1 rings (SSSR count). The number of rotatable bonds is 4. The zero-order valence-corrected chi connectivity index (χ0v) is 10.6. The molecule has 16 heavy (non-hydrogen) atoms. The molecule has 1 unspecified atom stereocenters. The number of nitrogens with zero attached hydrogens (tertiary/aromatic N) is 1. The Morgan fingerprint density at radius 2 is 2.25 bits per heavy atom. The highest BCUT2D eigenvalue weighted by molar-refractivity contribution is 8.12. The second-order valence-corrected chi connectivity index (χ2v) is 5.76. The van der Waals surface area contributed by atoms with E-state index in [1.54, 1.807) is 6.92 Å². The SMILES string of the molecule is CCOC(=O)C1CCCCN1NS(=O)(=O)Cl. The molecule has 0 amide bonds. The molecule has 8 heteroatoms. The third-order valence-corrected chi connectivity index (χ3v) is 2.95. The van der Waals surface area contributed by atoms with Gasteiger partial charge in [0.05, 0.1) is 6.61 Å². The predicted octanol–water partition coefficient (Wildman–Crippen LogP) is 0.392. The number of halogens is 1. The van der Waals surface area contributed by atoms with Gasteiger partial charge in [0.1, 0.15) is 6.04 Å². The quantitative estimate of drug-likeness (QED) is 0.591. The summed E-state index contributed by atoms with van der Waals surface area (Å²) in [6.45, 7) is 2.43. The van der Waals surface area contributed by atoms with Crippen molar-refractivity contribution in [1.82, 2.24) is 9.84 Å². The average molecular weight is 271 g/mol. The molecule has 1 fully saturated rings. The van der Waals surface area contributed by atoms with E-state index < -0.39 is 21.2 Å². The van der Waals surface area contributed by atoms with E-state index in [1.165, 1.54) is 5.01 Å². The van der Waals surface area contributed by atoms with Gasteiger partial charge in [0.2, 0.25) is 0 Å². The Labute approximate surface area is 99.4 Å². The van der Waals surface area contributed by atoms with Gasteiger partial charge in [0, 0.05) is 17.2 Å². The summed E-state index contributed by atoms with van der Waals surface area (Å²) in [5.74, 6) is -0.421. The molecule has 1 saturated heterocycles. The average Bonchev–Trinajstić information content (AvgIpc) is 2.16. The topological polar surface area (TPSA) is 75.7 Å². The third kappa shape index (κ3) is 4.25. The predicted molar refractivity (Wildman–Crippen MR) is 58.9 cm³/mol. The van der Waals surface area contributed by atoms with Gasteiger partial charge >= 0.3 is 15.2 Å². The van der Waals surface area contributed by atoms with Crippen molar-refractivity contribution in [1.29, 1.82) is 0 Å². The van der Waals surface area contributed by atoms with Gasteiger partial charge in [0.25, 0.3) is 0 Å². The van der Waals surface area contributed by atoms with Crippen LogP contribution in [-0.4, -0.2) is 38.6 Å².